The number of para-hydroxylation sites is 1. The molecule has 0 spiro atoms. The summed E-state index contributed by atoms with van der Waals surface area (Å²) >= 11 is 0. The predicted octanol–water partition coefficient (Wildman–Crippen LogP) is 0.661. The second-order valence-corrected chi connectivity index (χ2v) is 5.94. The van der Waals surface area contributed by atoms with E-state index in [0.717, 1.165) is 6.42 Å². The minimum absolute atomic E-state index is 0.0227. The molecule has 0 fully saturated rings. The minimum Gasteiger partial charge on any atom is -0.324 e. The van der Waals surface area contributed by atoms with Crippen LogP contribution in [0.2, 0.25) is 0 Å². The Hall–Kier alpha value is -1.44. The van der Waals surface area contributed by atoms with E-state index in [2.05, 4.69) is 10.0 Å². The van der Waals surface area contributed by atoms with Gasteiger partial charge in [-0.3, -0.25) is 4.79 Å². The van der Waals surface area contributed by atoms with Gasteiger partial charge in [0.15, 0.2) is 0 Å². The first-order valence-corrected chi connectivity index (χ1v) is 7.49. The van der Waals surface area contributed by atoms with Crippen LogP contribution in [0.25, 0.3) is 0 Å². The maximum atomic E-state index is 11.8. The molecule has 0 heterocycles. The third-order valence-electron chi connectivity index (χ3n) is 2.64. The van der Waals surface area contributed by atoms with Crippen molar-refractivity contribution in [3.05, 3.63) is 24.3 Å². The number of hydrogen-bond donors (Lipinski definition) is 3. The molecule has 0 aliphatic heterocycles. The van der Waals surface area contributed by atoms with E-state index < -0.39 is 16.1 Å². The number of anilines is 1. The van der Waals surface area contributed by atoms with Crippen molar-refractivity contribution < 1.29 is 13.2 Å². The topological polar surface area (TPSA) is 101 Å². The SMILES string of the molecule is CCC[C@@H](N)C(=O)Nc1ccccc1S(=O)(=O)NC. The van der Waals surface area contributed by atoms with Crippen LogP contribution >= 0.6 is 0 Å². The lowest BCUT2D eigenvalue weighted by Crippen LogP contribution is -2.36. The Kier molecular flexibility index (Phi) is 5.46. The van der Waals surface area contributed by atoms with E-state index in [1.807, 2.05) is 6.92 Å². The Morgan fingerprint density at radius 2 is 2.00 bits per heavy atom. The van der Waals surface area contributed by atoms with E-state index in [1.165, 1.54) is 19.2 Å². The van der Waals surface area contributed by atoms with E-state index in [4.69, 9.17) is 5.73 Å². The normalized spacial score (nSPS) is 13.0. The van der Waals surface area contributed by atoms with Gasteiger partial charge in [-0.2, -0.15) is 0 Å². The Balaban J connectivity index is 3.00. The second kappa shape index (κ2) is 6.65. The van der Waals surface area contributed by atoms with E-state index in [0.29, 0.717) is 6.42 Å². The Labute approximate surface area is 113 Å². The summed E-state index contributed by atoms with van der Waals surface area (Å²) in [5.41, 5.74) is 5.92. The molecule has 19 heavy (non-hydrogen) atoms. The second-order valence-electron chi connectivity index (χ2n) is 4.09. The molecule has 0 saturated heterocycles. The summed E-state index contributed by atoms with van der Waals surface area (Å²) in [4.78, 5) is 11.8. The molecule has 4 N–H and O–H groups in total. The highest BCUT2D eigenvalue weighted by Gasteiger charge is 2.19. The van der Waals surface area contributed by atoms with Crippen molar-refractivity contribution in [3.63, 3.8) is 0 Å². The van der Waals surface area contributed by atoms with Gasteiger partial charge in [0.05, 0.1) is 11.7 Å². The molecular weight excluding hydrogens is 266 g/mol. The average Bonchev–Trinajstić information content (AvgIpc) is 2.39. The van der Waals surface area contributed by atoms with Crippen LogP contribution in [0.4, 0.5) is 5.69 Å². The molecule has 1 amide bonds. The first kappa shape index (κ1) is 15.6. The van der Waals surface area contributed by atoms with Crippen LogP contribution in [-0.4, -0.2) is 27.4 Å². The summed E-state index contributed by atoms with van der Waals surface area (Å²) in [5.74, 6) is -0.388. The number of nitrogens with one attached hydrogen (secondary N) is 2. The first-order chi connectivity index (χ1) is 8.92. The molecule has 6 nitrogen and oxygen atoms in total. The lowest BCUT2D eigenvalue weighted by molar-refractivity contribution is -0.117. The maximum Gasteiger partial charge on any atom is 0.242 e. The molecule has 0 unspecified atom stereocenters. The number of carbonyl (C=O) groups excluding carboxylic acids is 1. The number of nitrogens with two attached hydrogens (primary N) is 1. The van der Waals surface area contributed by atoms with Gasteiger partial charge in [-0.25, -0.2) is 13.1 Å². The standard InChI is InChI=1S/C12H19N3O3S/c1-3-6-9(13)12(16)15-10-7-4-5-8-11(10)19(17,18)14-2/h4-5,7-9,14H,3,6,13H2,1-2H3,(H,15,16)/t9-/m1/s1. The molecule has 0 saturated carbocycles. The Bertz CT molecular complexity index is 543. The third kappa shape index (κ3) is 4.02. The largest absolute Gasteiger partial charge is 0.324 e. The van der Waals surface area contributed by atoms with Gasteiger partial charge >= 0.3 is 0 Å². The number of sulfonamides is 1. The van der Waals surface area contributed by atoms with Crippen molar-refractivity contribution in [1.82, 2.24) is 4.72 Å². The zero-order chi connectivity index (χ0) is 14.5. The fourth-order valence-corrected chi connectivity index (χ4v) is 2.47. The lowest BCUT2D eigenvalue weighted by Gasteiger charge is -2.14. The number of hydrogen-bond acceptors (Lipinski definition) is 4. The van der Waals surface area contributed by atoms with Crippen molar-refractivity contribution in [2.75, 3.05) is 12.4 Å². The molecule has 0 bridgehead atoms. The monoisotopic (exact) mass is 285 g/mol. The van der Waals surface area contributed by atoms with E-state index in [9.17, 15) is 13.2 Å². The van der Waals surface area contributed by atoms with Crippen LogP contribution in [0.1, 0.15) is 19.8 Å². The smallest absolute Gasteiger partial charge is 0.242 e. The zero-order valence-corrected chi connectivity index (χ0v) is 11.8. The zero-order valence-electron chi connectivity index (χ0n) is 11.0. The number of rotatable bonds is 6. The van der Waals surface area contributed by atoms with Gasteiger partial charge < -0.3 is 11.1 Å². The van der Waals surface area contributed by atoms with Gasteiger partial charge in [-0.05, 0) is 25.6 Å². The van der Waals surface area contributed by atoms with Crippen LogP contribution in [0, 0.1) is 0 Å². The number of benzene rings is 1. The first-order valence-electron chi connectivity index (χ1n) is 6.01. The molecule has 1 atom stereocenters. The summed E-state index contributed by atoms with van der Waals surface area (Å²) in [6.45, 7) is 1.92. The molecule has 0 aromatic heterocycles. The molecule has 0 aliphatic carbocycles. The van der Waals surface area contributed by atoms with Crippen LogP contribution < -0.4 is 15.8 Å². The highest BCUT2D eigenvalue weighted by molar-refractivity contribution is 7.89. The quantitative estimate of drug-likeness (QED) is 0.714. The van der Waals surface area contributed by atoms with Crippen molar-refractivity contribution >= 4 is 21.6 Å². The Morgan fingerprint density at radius 3 is 2.58 bits per heavy atom. The number of amides is 1. The highest BCUT2D eigenvalue weighted by atomic mass is 32.2. The molecule has 7 heteroatoms. The van der Waals surface area contributed by atoms with Crippen molar-refractivity contribution in [2.24, 2.45) is 5.73 Å². The van der Waals surface area contributed by atoms with Crippen LogP contribution in [0.3, 0.4) is 0 Å². The van der Waals surface area contributed by atoms with Crippen LogP contribution in [0.5, 0.6) is 0 Å². The Morgan fingerprint density at radius 1 is 1.37 bits per heavy atom. The number of carbonyl (C=O) groups is 1. The van der Waals surface area contributed by atoms with Gasteiger partial charge in [0.2, 0.25) is 15.9 Å². The minimum atomic E-state index is -3.62. The van der Waals surface area contributed by atoms with Crippen LogP contribution in [-0.2, 0) is 14.8 Å². The fraction of sp³-hybridized carbons (Fsp3) is 0.417. The lowest BCUT2D eigenvalue weighted by atomic mass is 10.1. The average molecular weight is 285 g/mol. The van der Waals surface area contributed by atoms with Gasteiger partial charge in [0.1, 0.15) is 4.90 Å². The fourth-order valence-electron chi connectivity index (χ4n) is 1.58. The van der Waals surface area contributed by atoms with Crippen molar-refractivity contribution in [1.29, 1.82) is 0 Å². The summed E-state index contributed by atoms with van der Waals surface area (Å²) in [6, 6.07) is 5.55. The molecule has 1 aromatic rings. The van der Waals surface area contributed by atoms with Crippen molar-refractivity contribution in [3.8, 4) is 0 Å². The predicted molar refractivity (Wildman–Crippen MR) is 74.2 cm³/mol. The van der Waals surface area contributed by atoms with E-state index >= 15 is 0 Å². The summed E-state index contributed by atoms with van der Waals surface area (Å²) in [7, 11) is -2.30. The molecule has 1 aromatic carbocycles. The van der Waals surface area contributed by atoms with E-state index in [1.54, 1.807) is 12.1 Å². The van der Waals surface area contributed by atoms with Gasteiger partial charge in [-0.15, -0.1) is 0 Å². The molecule has 0 aliphatic rings. The maximum absolute atomic E-state index is 11.8. The summed E-state index contributed by atoms with van der Waals surface area (Å²) in [6.07, 6.45) is 1.33. The summed E-state index contributed by atoms with van der Waals surface area (Å²) < 4.78 is 25.8. The van der Waals surface area contributed by atoms with E-state index in [-0.39, 0.29) is 16.5 Å². The van der Waals surface area contributed by atoms with Gasteiger partial charge in [0.25, 0.3) is 0 Å². The molecule has 0 radical (unpaired) electrons. The van der Waals surface area contributed by atoms with Crippen LogP contribution in [0.15, 0.2) is 29.2 Å². The molecular formula is C12H19N3O3S. The highest BCUT2D eigenvalue weighted by Crippen LogP contribution is 2.20. The van der Waals surface area contributed by atoms with Gasteiger partial charge in [0, 0.05) is 0 Å². The van der Waals surface area contributed by atoms with Gasteiger partial charge in [-0.1, -0.05) is 25.5 Å². The van der Waals surface area contributed by atoms with Crippen molar-refractivity contribution in [2.45, 2.75) is 30.7 Å². The molecule has 1 rings (SSSR count). The summed E-state index contributed by atoms with van der Waals surface area (Å²) in [5, 5.41) is 2.55. The third-order valence-corrected chi connectivity index (χ3v) is 4.11. The molecule has 106 valence electrons.